The topological polar surface area (TPSA) is 103 Å². The molecule has 180 valence electrons. The number of aromatic nitrogens is 1. The molecule has 1 saturated heterocycles. The lowest BCUT2D eigenvalue weighted by molar-refractivity contribution is -0.0515. The van der Waals surface area contributed by atoms with E-state index in [2.05, 4.69) is 14.6 Å². The summed E-state index contributed by atoms with van der Waals surface area (Å²) in [6.45, 7) is 0.404. The summed E-state index contributed by atoms with van der Waals surface area (Å²) in [5, 5.41) is 0. The van der Waals surface area contributed by atoms with Crippen LogP contribution in [0.15, 0.2) is 22.6 Å². The van der Waals surface area contributed by atoms with Crippen LogP contribution in [-0.2, 0) is 11.3 Å². The van der Waals surface area contributed by atoms with Gasteiger partial charge in [0, 0.05) is 38.9 Å². The number of carbonyl (C=O) groups excluding carboxylic acids is 1. The van der Waals surface area contributed by atoms with Gasteiger partial charge in [-0.1, -0.05) is 0 Å². The van der Waals surface area contributed by atoms with Crippen LogP contribution in [0.5, 0.6) is 11.5 Å². The first-order valence-corrected chi connectivity index (χ1v) is 10.9. The number of rotatable bonds is 10. The number of halogens is 2. The molecule has 0 radical (unpaired) electrons. The number of benzene rings is 1. The monoisotopic (exact) mass is 466 g/mol. The average molecular weight is 466 g/mol. The summed E-state index contributed by atoms with van der Waals surface area (Å²) in [4.78, 5) is 21.3. The molecular formula is C22H28F2N4O5. The summed E-state index contributed by atoms with van der Waals surface area (Å²) in [7, 11) is 1.64. The first-order chi connectivity index (χ1) is 16.0. The van der Waals surface area contributed by atoms with Crippen LogP contribution in [0.3, 0.4) is 0 Å². The van der Waals surface area contributed by atoms with Gasteiger partial charge in [0.1, 0.15) is 0 Å². The number of oxazole rings is 1. The fourth-order valence-electron chi connectivity index (χ4n) is 3.63. The number of piperazine rings is 1. The maximum Gasteiger partial charge on any atom is 0.387 e. The highest BCUT2D eigenvalue weighted by Crippen LogP contribution is 2.36. The van der Waals surface area contributed by atoms with Gasteiger partial charge in [0.05, 0.1) is 19.9 Å². The second-order valence-electron chi connectivity index (χ2n) is 8.12. The highest BCUT2D eigenvalue weighted by atomic mass is 19.3. The molecule has 2 aromatic rings. The zero-order valence-corrected chi connectivity index (χ0v) is 18.5. The van der Waals surface area contributed by atoms with Gasteiger partial charge in [-0.15, -0.1) is 0 Å². The third kappa shape index (κ3) is 5.79. The van der Waals surface area contributed by atoms with Gasteiger partial charge < -0.3 is 29.3 Å². The summed E-state index contributed by atoms with van der Waals surface area (Å²) in [6.07, 6.45) is 2.10. The largest absolute Gasteiger partial charge is 0.489 e. The van der Waals surface area contributed by atoms with Gasteiger partial charge in [-0.25, -0.2) is 4.98 Å². The van der Waals surface area contributed by atoms with Gasteiger partial charge in [-0.05, 0) is 37.0 Å². The average Bonchev–Trinajstić information content (AvgIpc) is 3.54. The number of ether oxygens (including phenoxy) is 3. The second-order valence-corrected chi connectivity index (χ2v) is 8.12. The first kappa shape index (κ1) is 23.4. The quantitative estimate of drug-likeness (QED) is 0.570. The van der Waals surface area contributed by atoms with E-state index in [0.717, 1.165) is 12.8 Å². The Morgan fingerprint density at radius 2 is 2.00 bits per heavy atom. The maximum absolute atomic E-state index is 13.1. The molecule has 1 aliphatic carbocycles. The highest BCUT2D eigenvalue weighted by Gasteiger charge is 2.28. The molecule has 1 aromatic carbocycles. The van der Waals surface area contributed by atoms with Crippen molar-refractivity contribution >= 4 is 5.91 Å². The molecule has 0 bridgehead atoms. The Labute approximate surface area is 190 Å². The number of hydrogen-bond donors (Lipinski definition) is 1. The number of hydrogen-bond acceptors (Lipinski definition) is 8. The van der Waals surface area contributed by atoms with E-state index >= 15 is 0 Å². The van der Waals surface area contributed by atoms with Gasteiger partial charge >= 0.3 is 6.61 Å². The zero-order chi connectivity index (χ0) is 23.4. The normalized spacial score (nSPS) is 16.9. The van der Waals surface area contributed by atoms with Crippen LogP contribution in [0.1, 0.15) is 29.1 Å². The van der Waals surface area contributed by atoms with Crippen LogP contribution in [0, 0.1) is 5.92 Å². The van der Waals surface area contributed by atoms with Gasteiger partial charge in [0.2, 0.25) is 5.89 Å². The van der Waals surface area contributed by atoms with Gasteiger partial charge in [-0.2, -0.15) is 8.78 Å². The number of alkyl halides is 2. The van der Waals surface area contributed by atoms with E-state index in [-0.39, 0.29) is 41.3 Å². The Morgan fingerprint density at radius 3 is 2.64 bits per heavy atom. The van der Waals surface area contributed by atoms with Gasteiger partial charge in [0.25, 0.3) is 5.91 Å². The van der Waals surface area contributed by atoms with E-state index < -0.39 is 6.61 Å². The predicted molar refractivity (Wildman–Crippen MR) is 114 cm³/mol. The number of nitrogens with zero attached hydrogens (tertiary/aromatic N) is 3. The van der Waals surface area contributed by atoms with Gasteiger partial charge in [-0.3, -0.25) is 9.69 Å². The van der Waals surface area contributed by atoms with Crippen LogP contribution in [0.4, 0.5) is 8.78 Å². The van der Waals surface area contributed by atoms with Crippen molar-refractivity contribution in [2.24, 2.45) is 11.7 Å². The molecule has 33 heavy (non-hydrogen) atoms. The highest BCUT2D eigenvalue weighted by molar-refractivity contribution is 5.94. The summed E-state index contributed by atoms with van der Waals surface area (Å²) in [6, 6.07) is 4.45. The van der Waals surface area contributed by atoms with E-state index in [4.69, 9.17) is 19.6 Å². The van der Waals surface area contributed by atoms with Crippen molar-refractivity contribution in [1.82, 2.24) is 14.8 Å². The van der Waals surface area contributed by atoms with Crippen molar-refractivity contribution in [3.8, 4) is 23.0 Å². The van der Waals surface area contributed by atoms with Crippen LogP contribution >= 0.6 is 0 Å². The molecule has 1 saturated carbocycles. The van der Waals surface area contributed by atoms with Crippen LogP contribution in [0.2, 0.25) is 0 Å². The summed E-state index contributed by atoms with van der Waals surface area (Å²) in [5.74, 6) is 0.705. The summed E-state index contributed by atoms with van der Waals surface area (Å²) >= 11 is 0. The molecule has 0 unspecified atom stereocenters. The Hall–Kier alpha value is -2.76. The fraction of sp³-hybridized carbons (Fsp3) is 0.545. The molecule has 9 nitrogen and oxygen atoms in total. The van der Waals surface area contributed by atoms with E-state index in [1.165, 1.54) is 18.2 Å². The Kier molecular flexibility index (Phi) is 7.41. The molecule has 1 amide bonds. The van der Waals surface area contributed by atoms with Crippen LogP contribution < -0.4 is 15.2 Å². The first-order valence-electron chi connectivity index (χ1n) is 10.9. The van der Waals surface area contributed by atoms with Crippen molar-refractivity contribution in [2.75, 3.05) is 46.6 Å². The molecule has 2 aliphatic rings. The predicted octanol–water partition coefficient (Wildman–Crippen LogP) is 2.55. The SMILES string of the molecule is COCN1CCN(C(=O)c2nc(-c3ccc(OC(F)F)c(OCC4CC4)c3)oc2CN)CC1. The lowest BCUT2D eigenvalue weighted by Crippen LogP contribution is -2.49. The lowest BCUT2D eigenvalue weighted by atomic mass is 10.2. The van der Waals surface area contributed by atoms with Crippen molar-refractivity contribution in [3.63, 3.8) is 0 Å². The molecule has 2 heterocycles. The van der Waals surface area contributed by atoms with Crippen molar-refractivity contribution in [3.05, 3.63) is 29.7 Å². The molecule has 0 spiro atoms. The molecule has 1 aliphatic heterocycles. The minimum absolute atomic E-state index is 0.00464. The molecule has 4 rings (SSSR count). The van der Waals surface area contributed by atoms with E-state index in [1.807, 2.05) is 0 Å². The molecule has 0 atom stereocenters. The minimum Gasteiger partial charge on any atom is -0.489 e. The Morgan fingerprint density at radius 1 is 1.24 bits per heavy atom. The Bertz CT molecular complexity index is 958. The molecule has 2 N–H and O–H groups in total. The van der Waals surface area contributed by atoms with E-state index in [0.29, 0.717) is 51.0 Å². The number of carbonyl (C=O) groups is 1. The van der Waals surface area contributed by atoms with Crippen LogP contribution in [-0.4, -0.2) is 73.9 Å². The standard InChI is InChI=1S/C22H28F2N4O5/c1-30-13-27-6-8-28(9-7-27)21(29)19-18(11-25)32-20(26-19)15-4-5-16(33-22(23)24)17(10-15)31-12-14-2-3-14/h4-5,10,14,22H,2-3,6-9,11-13,25H2,1H3. The fourth-order valence-corrected chi connectivity index (χ4v) is 3.63. The second kappa shape index (κ2) is 10.4. The lowest BCUT2D eigenvalue weighted by Gasteiger charge is -2.33. The van der Waals surface area contributed by atoms with E-state index in [1.54, 1.807) is 12.0 Å². The summed E-state index contributed by atoms with van der Waals surface area (Å²) < 4.78 is 46.8. The van der Waals surface area contributed by atoms with Crippen molar-refractivity contribution in [1.29, 1.82) is 0 Å². The Balaban J connectivity index is 1.54. The molecule has 1 aromatic heterocycles. The van der Waals surface area contributed by atoms with Crippen LogP contribution in [0.25, 0.3) is 11.5 Å². The summed E-state index contributed by atoms with van der Waals surface area (Å²) in [5.41, 5.74) is 6.44. The third-order valence-electron chi connectivity index (χ3n) is 5.63. The molecular weight excluding hydrogens is 438 g/mol. The number of amides is 1. The van der Waals surface area contributed by atoms with Crippen molar-refractivity contribution in [2.45, 2.75) is 26.0 Å². The number of methoxy groups -OCH3 is 1. The van der Waals surface area contributed by atoms with E-state index in [9.17, 15) is 13.6 Å². The minimum atomic E-state index is -2.97. The number of nitrogens with two attached hydrogens (primary N) is 1. The molecule has 2 fully saturated rings. The third-order valence-corrected chi connectivity index (χ3v) is 5.63. The molecule has 11 heteroatoms. The zero-order valence-electron chi connectivity index (χ0n) is 18.5. The van der Waals surface area contributed by atoms with Crippen molar-refractivity contribution < 1.29 is 32.2 Å². The smallest absolute Gasteiger partial charge is 0.387 e. The maximum atomic E-state index is 13.1. The van der Waals surface area contributed by atoms with Gasteiger partial charge in [0.15, 0.2) is 23.0 Å².